The summed E-state index contributed by atoms with van der Waals surface area (Å²) in [5.74, 6) is 0.800. The van der Waals surface area contributed by atoms with Gasteiger partial charge in [0.1, 0.15) is 10.9 Å². The predicted molar refractivity (Wildman–Crippen MR) is 70.2 cm³/mol. The number of nitrogens with zero attached hydrogens (tertiary/aromatic N) is 1. The van der Waals surface area contributed by atoms with Crippen LogP contribution in [-0.4, -0.2) is 17.2 Å². The minimum Gasteiger partial charge on any atom is -0.496 e. The van der Waals surface area contributed by atoms with Crippen LogP contribution in [-0.2, 0) is 6.61 Å². The Kier molecular flexibility index (Phi) is 4.28. The van der Waals surface area contributed by atoms with E-state index in [1.807, 2.05) is 24.3 Å². The van der Waals surface area contributed by atoms with E-state index in [1.165, 1.54) is 23.1 Å². The van der Waals surface area contributed by atoms with E-state index < -0.39 is 0 Å². The lowest BCUT2D eigenvalue weighted by Crippen LogP contribution is -1.84. The second-order valence-electron chi connectivity index (χ2n) is 3.10. The minimum absolute atomic E-state index is 0.0804. The third kappa shape index (κ3) is 2.93. The van der Waals surface area contributed by atoms with Gasteiger partial charge in [0.2, 0.25) is 0 Å². The molecule has 1 N–H and O–H groups in total. The van der Waals surface area contributed by atoms with Gasteiger partial charge in [0.05, 0.1) is 23.5 Å². The second kappa shape index (κ2) is 5.73. The number of benzene rings is 1. The number of hydrogen-bond donors (Lipinski definition) is 1. The molecule has 6 heteroatoms. The van der Waals surface area contributed by atoms with Crippen LogP contribution >= 0.6 is 34.7 Å². The molecule has 0 spiro atoms. The molecule has 0 amide bonds. The molecular formula is C11H10ClNO2S2. The van der Waals surface area contributed by atoms with Gasteiger partial charge in [-0.05, 0) is 12.1 Å². The average molecular weight is 288 g/mol. The summed E-state index contributed by atoms with van der Waals surface area (Å²) in [6.07, 6.45) is 0. The molecule has 0 radical (unpaired) electrons. The number of methoxy groups -OCH3 is 1. The van der Waals surface area contributed by atoms with Crippen molar-refractivity contribution in [1.82, 2.24) is 4.98 Å². The lowest BCUT2D eigenvalue weighted by atomic mass is 10.3. The Hall–Kier alpha value is -0.750. The molecule has 1 aromatic heterocycles. The summed E-state index contributed by atoms with van der Waals surface area (Å²) in [7, 11) is 1.63. The van der Waals surface area contributed by atoms with Crippen LogP contribution < -0.4 is 4.74 Å². The quantitative estimate of drug-likeness (QED) is 0.935. The molecule has 2 aromatic rings. The number of aliphatic hydroxyl groups is 1. The average Bonchev–Trinajstić information content (AvgIpc) is 2.70. The molecule has 0 saturated heterocycles. The number of para-hydroxylation sites is 1. The largest absolute Gasteiger partial charge is 0.496 e. The third-order valence-corrected chi connectivity index (χ3v) is 4.62. The molecule has 0 fully saturated rings. The summed E-state index contributed by atoms with van der Waals surface area (Å²) in [6.45, 7) is -0.0804. The number of aliphatic hydroxyl groups excluding tert-OH is 1. The maximum atomic E-state index is 9.05. The van der Waals surface area contributed by atoms with Crippen molar-refractivity contribution in [3.8, 4) is 5.75 Å². The number of aromatic nitrogens is 1. The van der Waals surface area contributed by atoms with E-state index in [9.17, 15) is 0 Å². The first-order valence-electron chi connectivity index (χ1n) is 4.81. The molecule has 1 aromatic carbocycles. The molecule has 0 unspecified atom stereocenters. The summed E-state index contributed by atoms with van der Waals surface area (Å²) in [5.41, 5.74) is 0. The fourth-order valence-electron chi connectivity index (χ4n) is 1.25. The van der Waals surface area contributed by atoms with Crippen molar-refractivity contribution in [2.75, 3.05) is 7.11 Å². The molecule has 1 heterocycles. The normalized spacial score (nSPS) is 10.5. The second-order valence-corrected chi connectivity index (χ2v) is 5.84. The van der Waals surface area contributed by atoms with Gasteiger partial charge in [0.25, 0.3) is 0 Å². The van der Waals surface area contributed by atoms with Gasteiger partial charge in [-0.2, -0.15) is 0 Å². The Bertz CT molecular complexity index is 516. The smallest absolute Gasteiger partial charge is 0.156 e. The zero-order valence-electron chi connectivity index (χ0n) is 9.01. The molecule has 0 aliphatic rings. The lowest BCUT2D eigenvalue weighted by Gasteiger charge is -2.04. The summed E-state index contributed by atoms with van der Waals surface area (Å²) < 4.78 is 6.05. The van der Waals surface area contributed by atoms with E-state index in [-0.39, 0.29) is 6.61 Å². The van der Waals surface area contributed by atoms with Gasteiger partial charge in [-0.15, -0.1) is 11.3 Å². The van der Waals surface area contributed by atoms with Crippen molar-refractivity contribution < 1.29 is 9.84 Å². The van der Waals surface area contributed by atoms with Crippen LogP contribution in [0.15, 0.2) is 33.5 Å². The highest BCUT2D eigenvalue weighted by molar-refractivity contribution is 8.01. The van der Waals surface area contributed by atoms with Crippen LogP contribution in [0.1, 0.15) is 4.88 Å². The van der Waals surface area contributed by atoms with E-state index in [1.54, 1.807) is 7.11 Å². The van der Waals surface area contributed by atoms with Crippen molar-refractivity contribution in [2.24, 2.45) is 0 Å². The standard InChI is InChI=1S/C11H10ClNO2S2/c1-15-7-4-2-3-5-8(7)16-11-13-10(12)9(6-14)17-11/h2-5,14H,6H2,1H3. The molecule has 0 bridgehead atoms. The Balaban J connectivity index is 2.25. The monoisotopic (exact) mass is 287 g/mol. The number of ether oxygens (including phenoxy) is 1. The molecule has 3 nitrogen and oxygen atoms in total. The zero-order chi connectivity index (χ0) is 12.3. The molecule has 90 valence electrons. The van der Waals surface area contributed by atoms with Gasteiger partial charge in [0.15, 0.2) is 4.34 Å². The van der Waals surface area contributed by atoms with Crippen LogP contribution in [0.5, 0.6) is 5.75 Å². The van der Waals surface area contributed by atoms with Gasteiger partial charge in [-0.3, -0.25) is 0 Å². The third-order valence-electron chi connectivity index (χ3n) is 2.04. The minimum atomic E-state index is -0.0804. The Morgan fingerprint density at radius 3 is 2.88 bits per heavy atom. The predicted octanol–water partition coefficient (Wildman–Crippen LogP) is 3.45. The fraction of sp³-hybridized carbons (Fsp3) is 0.182. The van der Waals surface area contributed by atoms with Gasteiger partial charge in [-0.1, -0.05) is 35.5 Å². The first-order valence-corrected chi connectivity index (χ1v) is 6.82. The summed E-state index contributed by atoms with van der Waals surface area (Å²) in [6, 6.07) is 7.70. The van der Waals surface area contributed by atoms with Crippen molar-refractivity contribution in [1.29, 1.82) is 0 Å². The highest BCUT2D eigenvalue weighted by Gasteiger charge is 2.11. The Morgan fingerprint density at radius 2 is 2.24 bits per heavy atom. The summed E-state index contributed by atoms with van der Waals surface area (Å²) in [5, 5.41) is 9.42. The molecule has 0 atom stereocenters. The van der Waals surface area contributed by atoms with Crippen LogP contribution in [0.3, 0.4) is 0 Å². The highest BCUT2D eigenvalue weighted by Crippen LogP contribution is 2.38. The Labute approximate surface area is 112 Å². The molecule has 0 aliphatic carbocycles. The molecule has 17 heavy (non-hydrogen) atoms. The van der Waals surface area contributed by atoms with E-state index in [4.69, 9.17) is 21.4 Å². The van der Waals surface area contributed by atoms with Gasteiger partial charge < -0.3 is 9.84 Å². The van der Waals surface area contributed by atoms with Gasteiger partial charge in [-0.25, -0.2) is 4.98 Å². The van der Waals surface area contributed by atoms with Crippen molar-refractivity contribution in [3.63, 3.8) is 0 Å². The van der Waals surface area contributed by atoms with Crippen LogP contribution in [0, 0.1) is 0 Å². The Morgan fingerprint density at radius 1 is 1.47 bits per heavy atom. The number of halogens is 1. The molecule has 0 aliphatic heterocycles. The molecule has 0 saturated carbocycles. The zero-order valence-corrected chi connectivity index (χ0v) is 11.4. The SMILES string of the molecule is COc1ccccc1Sc1nc(Cl)c(CO)s1. The first-order chi connectivity index (χ1) is 8.24. The lowest BCUT2D eigenvalue weighted by molar-refractivity contribution is 0.285. The van der Waals surface area contributed by atoms with Crippen molar-refractivity contribution >= 4 is 34.7 Å². The van der Waals surface area contributed by atoms with Crippen LogP contribution in [0.4, 0.5) is 0 Å². The fourth-order valence-corrected chi connectivity index (χ4v) is 3.61. The van der Waals surface area contributed by atoms with E-state index >= 15 is 0 Å². The maximum Gasteiger partial charge on any atom is 0.156 e. The summed E-state index contributed by atoms with van der Waals surface area (Å²) >= 11 is 8.74. The van der Waals surface area contributed by atoms with Crippen LogP contribution in [0.2, 0.25) is 5.15 Å². The highest BCUT2D eigenvalue weighted by atomic mass is 35.5. The topological polar surface area (TPSA) is 42.4 Å². The summed E-state index contributed by atoms with van der Waals surface area (Å²) in [4.78, 5) is 5.84. The molecule has 2 rings (SSSR count). The van der Waals surface area contributed by atoms with Crippen molar-refractivity contribution in [2.45, 2.75) is 15.8 Å². The van der Waals surface area contributed by atoms with E-state index in [2.05, 4.69) is 4.98 Å². The molecular weight excluding hydrogens is 278 g/mol. The first kappa shape index (κ1) is 12.7. The van der Waals surface area contributed by atoms with Crippen LogP contribution in [0.25, 0.3) is 0 Å². The van der Waals surface area contributed by atoms with Gasteiger partial charge >= 0.3 is 0 Å². The van der Waals surface area contributed by atoms with E-state index in [0.29, 0.717) is 10.0 Å². The number of rotatable bonds is 4. The van der Waals surface area contributed by atoms with Gasteiger partial charge in [0, 0.05) is 0 Å². The number of hydrogen-bond acceptors (Lipinski definition) is 5. The maximum absolute atomic E-state index is 9.05. The van der Waals surface area contributed by atoms with Crippen molar-refractivity contribution in [3.05, 3.63) is 34.3 Å². The van der Waals surface area contributed by atoms with E-state index in [0.717, 1.165) is 15.0 Å². The number of thiazole rings is 1.